The molecule has 2 aromatic rings. The predicted molar refractivity (Wildman–Crippen MR) is 60.9 cm³/mol. The van der Waals surface area contributed by atoms with Crippen molar-refractivity contribution in [3.8, 4) is 11.5 Å². The molecule has 0 fully saturated rings. The predicted octanol–water partition coefficient (Wildman–Crippen LogP) is -1.43. The summed E-state index contributed by atoms with van der Waals surface area (Å²) in [7, 11) is 0. The molecule has 2 rings (SSSR count). The Labute approximate surface area is 124 Å². The van der Waals surface area contributed by atoms with Crippen LogP contribution in [0.3, 0.4) is 0 Å². The molecule has 17 heavy (non-hydrogen) atoms. The number of benzene rings is 1. The van der Waals surface area contributed by atoms with Gasteiger partial charge in [0.2, 0.25) is 0 Å². The summed E-state index contributed by atoms with van der Waals surface area (Å²) in [6.45, 7) is 0. The maximum atomic E-state index is 11.4. The van der Waals surface area contributed by atoms with E-state index >= 15 is 0 Å². The maximum Gasteiger partial charge on any atom is 1.00 e. The van der Waals surface area contributed by atoms with Gasteiger partial charge in [-0.15, -0.1) is 11.8 Å². The fourth-order valence-corrected chi connectivity index (χ4v) is 1.58. The molecule has 84 valence electrons. The van der Waals surface area contributed by atoms with Gasteiger partial charge in [0.15, 0.2) is 0 Å². The molecule has 0 bridgehead atoms. The van der Waals surface area contributed by atoms with Gasteiger partial charge in [-0.2, -0.15) is 0 Å². The van der Waals surface area contributed by atoms with Crippen LogP contribution >= 0.6 is 11.8 Å². The quantitative estimate of drug-likeness (QED) is 0.385. The van der Waals surface area contributed by atoms with Crippen molar-refractivity contribution in [1.82, 2.24) is 0 Å². The molecule has 0 saturated heterocycles. The van der Waals surface area contributed by atoms with Gasteiger partial charge in [0.1, 0.15) is 17.3 Å². The van der Waals surface area contributed by atoms with Gasteiger partial charge in [0.05, 0.1) is 0 Å². The first-order valence-corrected chi connectivity index (χ1v) is 5.97. The maximum absolute atomic E-state index is 11.4. The molecule has 0 amide bonds. The molecular weight excluding hydrogens is 251 g/mol. The first-order chi connectivity index (χ1) is 7.70. The molecule has 0 saturated carbocycles. The molecule has 0 radical (unpaired) electrons. The summed E-state index contributed by atoms with van der Waals surface area (Å²) in [5.41, 5.74) is -0.379. The zero-order valence-corrected chi connectivity index (χ0v) is 12.4. The van der Waals surface area contributed by atoms with E-state index in [9.17, 15) is 9.90 Å². The van der Waals surface area contributed by atoms with Crippen molar-refractivity contribution in [2.45, 2.75) is 0 Å². The Morgan fingerprint density at radius 2 is 2.18 bits per heavy atom. The molecule has 0 unspecified atom stereocenters. The van der Waals surface area contributed by atoms with E-state index in [1.165, 1.54) is 11.8 Å². The van der Waals surface area contributed by atoms with Crippen LogP contribution in [-0.4, -0.2) is 12.2 Å². The van der Waals surface area contributed by atoms with Crippen molar-refractivity contribution < 1.29 is 43.8 Å². The summed E-state index contributed by atoms with van der Waals surface area (Å²) in [6, 6.07) is 5.76. The third kappa shape index (κ3) is 3.42. The minimum Gasteiger partial charge on any atom is -0.872 e. The number of fused-ring (bicyclic) bond motifs is 1. The average molecular weight is 260 g/mol. The number of hydrogen-bond acceptors (Lipinski definition) is 5. The van der Waals surface area contributed by atoms with Crippen molar-refractivity contribution in [1.29, 1.82) is 0 Å². The van der Waals surface area contributed by atoms with Gasteiger partial charge >= 0.3 is 35.2 Å². The second kappa shape index (κ2) is 6.35. The zero-order valence-electron chi connectivity index (χ0n) is 9.56. The van der Waals surface area contributed by atoms with Crippen LogP contribution in [0.2, 0.25) is 0 Å². The third-order valence-electron chi connectivity index (χ3n) is 2.02. The van der Waals surface area contributed by atoms with Crippen LogP contribution < -0.4 is 45.0 Å². The van der Waals surface area contributed by atoms with E-state index in [4.69, 9.17) is 9.15 Å². The van der Waals surface area contributed by atoms with Crippen LogP contribution in [0, 0.1) is 0 Å². The summed E-state index contributed by atoms with van der Waals surface area (Å²) >= 11 is 1.53. The molecule has 0 aliphatic heterocycles. The SMILES string of the molecule is CSCOc1ccc2c([O-])cc(=O)oc2c1.[Na+]. The number of hydrogen-bond donors (Lipinski definition) is 0. The average Bonchev–Trinajstić information content (AvgIpc) is 2.25. The minimum atomic E-state index is -0.639. The zero-order chi connectivity index (χ0) is 11.5. The molecule has 1 aromatic carbocycles. The fourth-order valence-electron chi connectivity index (χ4n) is 1.33. The molecule has 1 aromatic heterocycles. The summed E-state index contributed by atoms with van der Waals surface area (Å²) in [5.74, 6) is 0.755. The molecular formula is C11H9NaO4S. The van der Waals surface area contributed by atoms with Crippen molar-refractivity contribution in [3.05, 3.63) is 34.7 Å². The van der Waals surface area contributed by atoms with Crippen molar-refractivity contribution in [2.24, 2.45) is 0 Å². The summed E-state index contributed by atoms with van der Waals surface area (Å²) in [6.07, 6.45) is 1.91. The molecule has 0 N–H and O–H groups in total. The first kappa shape index (κ1) is 14.4. The Morgan fingerprint density at radius 1 is 1.41 bits per heavy atom. The van der Waals surface area contributed by atoms with E-state index in [0.717, 1.165) is 6.07 Å². The van der Waals surface area contributed by atoms with E-state index < -0.39 is 5.63 Å². The normalized spacial score (nSPS) is 9.94. The van der Waals surface area contributed by atoms with E-state index in [2.05, 4.69) is 0 Å². The summed E-state index contributed by atoms with van der Waals surface area (Å²) in [4.78, 5) is 11.0. The van der Waals surface area contributed by atoms with Crippen LogP contribution in [0.15, 0.2) is 33.5 Å². The van der Waals surface area contributed by atoms with Gasteiger partial charge in [-0.25, -0.2) is 4.79 Å². The molecule has 0 aliphatic rings. The van der Waals surface area contributed by atoms with Crippen molar-refractivity contribution in [3.63, 3.8) is 0 Å². The van der Waals surface area contributed by atoms with Crippen LogP contribution in [0.4, 0.5) is 0 Å². The third-order valence-corrected chi connectivity index (χ3v) is 2.38. The number of thioether (sulfide) groups is 1. The Bertz CT molecular complexity index is 567. The van der Waals surface area contributed by atoms with Crippen LogP contribution in [-0.2, 0) is 0 Å². The molecule has 1 heterocycles. The number of ether oxygens (including phenoxy) is 1. The minimum absolute atomic E-state index is 0. The van der Waals surface area contributed by atoms with Gasteiger partial charge in [-0.1, -0.05) is 5.75 Å². The Morgan fingerprint density at radius 3 is 2.88 bits per heavy atom. The van der Waals surface area contributed by atoms with E-state index in [0.29, 0.717) is 17.1 Å². The van der Waals surface area contributed by atoms with Crippen LogP contribution in [0.25, 0.3) is 11.0 Å². The molecule has 0 aliphatic carbocycles. The topological polar surface area (TPSA) is 62.5 Å². The molecule has 0 spiro atoms. The van der Waals surface area contributed by atoms with Crippen LogP contribution in [0.1, 0.15) is 0 Å². The smallest absolute Gasteiger partial charge is 0.872 e. The summed E-state index contributed by atoms with van der Waals surface area (Å²) in [5, 5.41) is 11.8. The van der Waals surface area contributed by atoms with Crippen molar-refractivity contribution >= 4 is 22.7 Å². The monoisotopic (exact) mass is 260 g/mol. The fraction of sp³-hybridized carbons (Fsp3) is 0.182. The van der Waals surface area contributed by atoms with Gasteiger partial charge in [-0.3, -0.25) is 0 Å². The largest absolute Gasteiger partial charge is 1.00 e. The molecule has 6 heteroatoms. The summed E-state index contributed by atoms with van der Waals surface area (Å²) < 4.78 is 10.3. The molecule has 4 nitrogen and oxygen atoms in total. The Balaban J connectivity index is 0.00000144. The Kier molecular flexibility index (Phi) is 5.39. The second-order valence-electron chi connectivity index (χ2n) is 3.14. The van der Waals surface area contributed by atoms with Gasteiger partial charge < -0.3 is 14.3 Å². The first-order valence-electron chi connectivity index (χ1n) is 4.57. The van der Waals surface area contributed by atoms with E-state index in [1.807, 2.05) is 6.26 Å². The second-order valence-corrected chi connectivity index (χ2v) is 3.95. The standard InChI is InChI=1S/C11H10O4S.Na/c1-16-6-14-7-2-3-8-9(12)5-11(13)15-10(8)4-7;/h2-5,12H,6H2,1H3;/q;+1/p-1. The van der Waals surface area contributed by atoms with Crippen molar-refractivity contribution in [2.75, 3.05) is 12.2 Å². The van der Waals surface area contributed by atoms with E-state index in [-0.39, 0.29) is 40.9 Å². The molecule has 0 atom stereocenters. The van der Waals surface area contributed by atoms with Gasteiger partial charge in [0.25, 0.3) is 0 Å². The van der Waals surface area contributed by atoms with Crippen LogP contribution in [0.5, 0.6) is 11.5 Å². The van der Waals surface area contributed by atoms with Gasteiger partial charge in [0, 0.05) is 17.5 Å². The number of rotatable bonds is 3. The van der Waals surface area contributed by atoms with E-state index in [1.54, 1.807) is 18.2 Å². The Hall–Kier alpha value is -0.620. The van der Waals surface area contributed by atoms with Gasteiger partial charge in [-0.05, 0) is 18.4 Å².